The fourth-order valence-corrected chi connectivity index (χ4v) is 7.57. The largest absolute Gasteiger partial charge is 0.462 e. The molecule has 0 rings (SSSR count). The van der Waals surface area contributed by atoms with Gasteiger partial charge in [-0.3, -0.25) is 14.4 Å². The van der Waals surface area contributed by atoms with E-state index in [1.807, 2.05) is 14.1 Å². The SMILES string of the molecule is CCCCCCCCCCCCCCCCCCC(CCCCCCCCC(=O)OC(CCCC)CCCC)(OC(=O)CCCN(C)C)C(=O)NCCCC. The minimum absolute atomic E-state index is 0.0439. The average Bonchev–Trinajstić information content (AvgIpc) is 3.16. The molecule has 0 aromatic rings. The van der Waals surface area contributed by atoms with Crippen molar-refractivity contribution in [3.8, 4) is 0 Å². The summed E-state index contributed by atoms with van der Waals surface area (Å²) >= 11 is 0. The number of amides is 1. The molecule has 0 heterocycles. The van der Waals surface area contributed by atoms with Gasteiger partial charge in [-0.2, -0.15) is 0 Å². The van der Waals surface area contributed by atoms with Crippen LogP contribution in [0, 0.1) is 0 Å². The first-order valence-electron chi connectivity index (χ1n) is 24.1. The molecule has 0 fully saturated rings. The zero-order valence-corrected chi connectivity index (χ0v) is 37.7. The van der Waals surface area contributed by atoms with Crippen molar-refractivity contribution in [2.45, 2.75) is 264 Å². The lowest BCUT2D eigenvalue weighted by Crippen LogP contribution is -2.50. The number of carbonyl (C=O) groups is 3. The van der Waals surface area contributed by atoms with Gasteiger partial charge in [-0.25, -0.2) is 0 Å². The van der Waals surface area contributed by atoms with Gasteiger partial charge in [0.05, 0.1) is 0 Å². The first kappa shape index (κ1) is 53.4. The molecule has 0 aliphatic heterocycles. The molecule has 0 aromatic heterocycles. The first-order valence-corrected chi connectivity index (χ1v) is 24.1. The molecule has 7 nitrogen and oxygen atoms in total. The molecular weight excluding hydrogens is 685 g/mol. The molecule has 0 bridgehead atoms. The Balaban J connectivity index is 4.90. The van der Waals surface area contributed by atoms with Crippen molar-refractivity contribution >= 4 is 17.8 Å². The maximum atomic E-state index is 13.9. The highest BCUT2D eigenvalue weighted by Gasteiger charge is 2.41. The van der Waals surface area contributed by atoms with Crippen molar-refractivity contribution in [1.82, 2.24) is 10.2 Å². The van der Waals surface area contributed by atoms with E-state index in [1.165, 1.54) is 89.9 Å². The van der Waals surface area contributed by atoms with E-state index in [2.05, 4.69) is 37.9 Å². The monoisotopic (exact) mass is 779 g/mol. The Labute approximate surface area is 342 Å². The molecule has 0 aliphatic rings. The number of nitrogens with one attached hydrogen (secondary N) is 1. The maximum Gasteiger partial charge on any atom is 0.306 e. The molecule has 0 saturated heterocycles. The summed E-state index contributed by atoms with van der Waals surface area (Å²) < 4.78 is 12.1. The van der Waals surface area contributed by atoms with E-state index in [1.54, 1.807) is 0 Å². The highest BCUT2D eigenvalue weighted by Crippen LogP contribution is 2.29. The minimum atomic E-state index is -1.09. The summed E-state index contributed by atoms with van der Waals surface area (Å²) in [5.41, 5.74) is -1.09. The average molecular weight is 779 g/mol. The van der Waals surface area contributed by atoms with Gasteiger partial charge in [0.25, 0.3) is 5.91 Å². The summed E-state index contributed by atoms with van der Waals surface area (Å²) in [6.45, 7) is 10.2. The van der Waals surface area contributed by atoms with E-state index in [9.17, 15) is 14.4 Å². The lowest BCUT2D eigenvalue weighted by atomic mass is 9.88. The normalized spacial score (nSPS) is 12.7. The van der Waals surface area contributed by atoms with Gasteiger partial charge in [0.15, 0.2) is 5.60 Å². The van der Waals surface area contributed by atoms with Gasteiger partial charge in [-0.15, -0.1) is 0 Å². The molecular formula is C48H94N2O5. The Hall–Kier alpha value is -1.63. The van der Waals surface area contributed by atoms with E-state index >= 15 is 0 Å². The Kier molecular flexibility index (Phi) is 38.0. The van der Waals surface area contributed by atoms with Crippen molar-refractivity contribution in [3.63, 3.8) is 0 Å². The van der Waals surface area contributed by atoms with Crippen LogP contribution < -0.4 is 5.32 Å². The minimum Gasteiger partial charge on any atom is -0.462 e. The molecule has 0 spiro atoms. The molecule has 0 radical (unpaired) electrons. The number of hydrogen-bond donors (Lipinski definition) is 1. The van der Waals surface area contributed by atoms with Gasteiger partial charge < -0.3 is 19.7 Å². The van der Waals surface area contributed by atoms with Gasteiger partial charge >= 0.3 is 11.9 Å². The van der Waals surface area contributed by atoms with Crippen LogP contribution in [0.5, 0.6) is 0 Å². The molecule has 0 saturated carbocycles. The highest BCUT2D eigenvalue weighted by molar-refractivity contribution is 5.87. The maximum absolute atomic E-state index is 13.9. The van der Waals surface area contributed by atoms with Crippen LogP contribution in [-0.2, 0) is 23.9 Å². The Bertz CT molecular complexity index is 872. The molecule has 0 aromatic carbocycles. The second kappa shape index (κ2) is 39.2. The van der Waals surface area contributed by atoms with Crippen LogP contribution in [0.3, 0.4) is 0 Å². The molecule has 1 unspecified atom stereocenters. The van der Waals surface area contributed by atoms with E-state index < -0.39 is 5.60 Å². The second-order valence-electron chi connectivity index (χ2n) is 17.1. The number of ether oxygens (including phenoxy) is 2. The summed E-state index contributed by atoms with van der Waals surface area (Å²) in [5.74, 6) is -0.391. The van der Waals surface area contributed by atoms with Crippen molar-refractivity contribution in [2.24, 2.45) is 0 Å². The third-order valence-corrected chi connectivity index (χ3v) is 11.2. The summed E-state index contributed by atoms with van der Waals surface area (Å²) in [6.07, 6.45) is 37.9. The van der Waals surface area contributed by atoms with Gasteiger partial charge in [-0.1, -0.05) is 182 Å². The number of unbranched alkanes of at least 4 members (excludes halogenated alkanes) is 23. The molecule has 326 valence electrons. The van der Waals surface area contributed by atoms with Crippen LogP contribution in [0.1, 0.15) is 252 Å². The van der Waals surface area contributed by atoms with Crippen molar-refractivity contribution in [2.75, 3.05) is 27.2 Å². The summed E-state index contributed by atoms with van der Waals surface area (Å²) in [5, 5.41) is 3.16. The zero-order valence-electron chi connectivity index (χ0n) is 37.7. The number of carbonyl (C=O) groups excluding carboxylic acids is 3. The first-order chi connectivity index (χ1) is 26.7. The van der Waals surface area contributed by atoms with E-state index in [0.717, 1.165) is 116 Å². The fraction of sp³-hybridized carbons (Fsp3) is 0.938. The highest BCUT2D eigenvalue weighted by atomic mass is 16.6. The molecule has 1 N–H and O–H groups in total. The molecule has 7 heteroatoms. The van der Waals surface area contributed by atoms with Gasteiger partial charge in [-0.05, 0) is 78.4 Å². The lowest BCUT2D eigenvalue weighted by molar-refractivity contribution is -0.171. The van der Waals surface area contributed by atoms with Gasteiger partial charge in [0.2, 0.25) is 0 Å². The fourth-order valence-electron chi connectivity index (χ4n) is 7.57. The lowest BCUT2D eigenvalue weighted by Gasteiger charge is -2.33. The number of esters is 2. The van der Waals surface area contributed by atoms with Crippen molar-refractivity contribution in [1.29, 1.82) is 0 Å². The molecule has 1 amide bonds. The predicted molar refractivity (Wildman–Crippen MR) is 235 cm³/mol. The van der Waals surface area contributed by atoms with Crippen LogP contribution in [0.25, 0.3) is 0 Å². The summed E-state index contributed by atoms with van der Waals surface area (Å²) in [6, 6.07) is 0. The van der Waals surface area contributed by atoms with Gasteiger partial charge in [0, 0.05) is 19.4 Å². The molecule has 1 atom stereocenters. The molecule has 55 heavy (non-hydrogen) atoms. The van der Waals surface area contributed by atoms with Crippen molar-refractivity contribution in [3.05, 3.63) is 0 Å². The topological polar surface area (TPSA) is 84.9 Å². The van der Waals surface area contributed by atoms with Crippen LogP contribution in [0.15, 0.2) is 0 Å². The van der Waals surface area contributed by atoms with E-state index in [-0.39, 0.29) is 23.9 Å². The molecule has 0 aliphatic carbocycles. The van der Waals surface area contributed by atoms with Crippen LogP contribution in [0.4, 0.5) is 0 Å². The third-order valence-electron chi connectivity index (χ3n) is 11.2. The van der Waals surface area contributed by atoms with Crippen LogP contribution in [-0.4, -0.2) is 61.6 Å². The predicted octanol–water partition coefficient (Wildman–Crippen LogP) is 13.6. The van der Waals surface area contributed by atoms with E-state index in [4.69, 9.17) is 9.47 Å². The van der Waals surface area contributed by atoms with Gasteiger partial charge in [0.1, 0.15) is 6.10 Å². The Morgan fingerprint density at radius 2 is 0.891 bits per heavy atom. The third kappa shape index (κ3) is 33.1. The Morgan fingerprint density at radius 1 is 0.491 bits per heavy atom. The zero-order chi connectivity index (χ0) is 40.7. The smallest absolute Gasteiger partial charge is 0.306 e. The number of hydrogen-bond acceptors (Lipinski definition) is 6. The number of nitrogens with zero attached hydrogens (tertiary/aromatic N) is 1. The summed E-state index contributed by atoms with van der Waals surface area (Å²) in [7, 11) is 4.02. The summed E-state index contributed by atoms with van der Waals surface area (Å²) in [4.78, 5) is 41.7. The standard InChI is InChI=1S/C48H94N2O5/c1-7-11-15-16-17-18-19-20-21-22-23-24-25-27-30-33-40-48(47(53)49-42-14-10-4,55-46(52)39-35-43-50(5)6)41-34-31-28-26-29-32-38-45(51)54-44(36-12-8-2)37-13-9-3/h44H,7-43H2,1-6H3,(H,49,53). The van der Waals surface area contributed by atoms with E-state index in [0.29, 0.717) is 32.2 Å². The van der Waals surface area contributed by atoms with Crippen LogP contribution in [0.2, 0.25) is 0 Å². The number of rotatable bonds is 42. The Morgan fingerprint density at radius 3 is 1.33 bits per heavy atom. The van der Waals surface area contributed by atoms with Crippen molar-refractivity contribution < 1.29 is 23.9 Å². The quantitative estimate of drug-likeness (QED) is 0.0491. The van der Waals surface area contributed by atoms with Crippen LogP contribution >= 0.6 is 0 Å². The second-order valence-corrected chi connectivity index (χ2v) is 17.1.